The molecule has 1 N–H and O–H groups in total. The van der Waals surface area contributed by atoms with E-state index in [9.17, 15) is 5.11 Å². The van der Waals surface area contributed by atoms with E-state index < -0.39 is 31.1 Å². The third kappa shape index (κ3) is 11.7. The van der Waals surface area contributed by atoms with E-state index in [1.807, 2.05) is 12.2 Å². The van der Waals surface area contributed by atoms with E-state index >= 15 is 0 Å². The Morgan fingerprint density at radius 2 is 1.18 bits per heavy atom. The van der Waals surface area contributed by atoms with Crippen molar-refractivity contribution < 1.29 is 18.4 Å². The van der Waals surface area contributed by atoms with Crippen molar-refractivity contribution in [2.75, 3.05) is 6.61 Å². The van der Waals surface area contributed by atoms with Gasteiger partial charge in [-0.15, -0.1) is 6.58 Å². The fourth-order valence-electron chi connectivity index (χ4n) is 5.91. The summed E-state index contributed by atoms with van der Waals surface area (Å²) in [6.45, 7) is 36.6. The highest BCUT2D eigenvalue weighted by atomic mass is 28.4. The molecule has 0 unspecified atom stereocenters. The van der Waals surface area contributed by atoms with Crippen LogP contribution in [-0.4, -0.2) is 55.0 Å². The molecule has 0 fully saturated rings. The first-order chi connectivity index (χ1) is 22.5. The minimum Gasteiger partial charge on any atom is -0.414 e. The molecular weight excluding hydrogens is 653 g/mol. The molecule has 2 aromatic carbocycles. The van der Waals surface area contributed by atoms with Crippen LogP contribution in [0.3, 0.4) is 0 Å². The van der Waals surface area contributed by atoms with Crippen molar-refractivity contribution in [3.63, 3.8) is 0 Å². The van der Waals surface area contributed by atoms with Crippen LogP contribution in [0.15, 0.2) is 85.5 Å². The number of rotatable bonds is 18. The Kier molecular flexibility index (Phi) is 15.8. The molecule has 0 aliphatic carbocycles. The zero-order valence-corrected chi connectivity index (χ0v) is 36.7. The SMILES string of the molecule is C=C[C@H](O[Si](C)(C)C(C)(C)C)[C@@H](C)[C@H](O)/C=C\C[C@@H](CCCCO[Si](c1ccccc1)(c1ccccc1)C(C)(C)C)O[Si](C)(C)C(C)(C)C. The largest absolute Gasteiger partial charge is 0.414 e. The lowest BCUT2D eigenvalue weighted by atomic mass is 9.97. The highest BCUT2D eigenvalue weighted by Gasteiger charge is 2.50. The summed E-state index contributed by atoms with van der Waals surface area (Å²) in [4.78, 5) is 0. The van der Waals surface area contributed by atoms with Gasteiger partial charge in [-0.25, -0.2) is 0 Å². The van der Waals surface area contributed by atoms with E-state index in [0.29, 0.717) is 6.61 Å². The van der Waals surface area contributed by atoms with Crippen LogP contribution in [0.5, 0.6) is 0 Å². The minimum absolute atomic E-state index is 0.0349. The lowest BCUT2D eigenvalue weighted by Crippen LogP contribution is -2.66. The third-order valence-electron chi connectivity index (χ3n) is 11.2. The summed E-state index contributed by atoms with van der Waals surface area (Å²) in [7, 11) is -6.55. The summed E-state index contributed by atoms with van der Waals surface area (Å²) in [5, 5.41) is 14.0. The van der Waals surface area contributed by atoms with Crippen molar-refractivity contribution in [2.24, 2.45) is 5.92 Å². The molecule has 7 heteroatoms. The average molecular weight is 725 g/mol. The van der Waals surface area contributed by atoms with Gasteiger partial charge in [-0.2, -0.15) is 0 Å². The lowest BCUT2D eigenvalue weighted by molar-refractivity contribution is 0.0779. The smallest absolute Gasteiger partial charge is 0.261 e. The molecule has 0 bridgehead atoms. The van der Waals surface area contributed by atoms with Crippen molar-refractivity contribution in [1.29, 1.82) is 0 Å². The summed E-state index contributed by atoms with van der Waals surface area (Å²) in [5.41, 5.74) is 0. The predicted octanol–water partition coefficient (Wildman–Crippen LogP) is 10.6. The molecule has 0 spiro atoms. The Labute approximate surface area is 305 Å². The van der Waals surface area contributed by atoms with Gasteiger partial charge in [0, 0.05) is 18.6 Å². The number of hydrogen-bond donors (Lipinski definition) is 1. The van der Waals surface area contributed by atoms with Gasteiger partial charge >= 0.3 is 0 Å². The summed E-state index contributed by atoms with van der Waals surface area (Å²) in [6.07, 6.45) is 8.92. The summed E-state index contributed by atoms with van der Waals surface area (Å²) in [6, 6.07) is 21.8. The molecule has 276 valence electrons. The van der Waals surface area contributed by atoms with Gasteiger partial charge in [-0.05, 0) is 77.4 Å². The van der Waals surface area contributed by atoms with Gasteiger partial charge in [-0.3, -0.25) is 0 Å². The van der Waals surface area contributed by atoms with Gasteiger partial charge < -0.3 is 18.4 Å². The van der Waals surface area contributed by atoms with Crippen LogP contribution in [0.25, 0.3) is 0 Å². The quantitative estimate of drug-likeness (QED) is 0.0945. The van der Waals surface area contributed by atoms with E-state index in [0.717, 1.165) is 25.7 Å². The molecule has 2 aromatic rings. The van der Waals surface area contributed by atoms with E-state index in [1.54, 1.807) is 0 Å². The van der Waals surface area contributed by atoms with E-state index in [1.165, 1.54) is 10.4 Å². The molecule has 0 heterocycles. The molecule has 0 amide bonds. The number of hydrogen-bond acceptors (Lipinski definition) is 4. The monoisotopic (exact) mass is 724 g/mol. The highest BCUT2D eigenvalue weighted by molar-refractivity contribution is 6.99. The fourth-order valence-corrected chi connectivity index (χ4v) is 13.3. The highest BCUT2D eigenvalue weighted by Crippen LogP contribution is 2.40. The molecule has 4 nitrogen and oxygen atoms in total. The van der Waals surface area contributed by atoms with Crippen molar-refractivity contribution in [1.82, 2.24) is 0 Å². The summed E-state index contributed by atoms with van der Waals surface area (Å²) < 4.78 is 20.8. The van der Waals surface area contributed by atoms with E-state index in [-0.39, 0.29) is 33.2 Å². The number of aliphatic hydroxyl groups is 1. The fraction of sp³-hybridized carbons (Fsp3) is 0.619. The standard InChI is InChI=1S/C42H72O4Si3/c1-16-39(46-48(14,15)41(6,7)8)34(2)38(43)32-25-27-35(45-47(12,13)40(3,4)5)26-23-24-33-44-49(42(9,10)11,36-28-19-17-20-29-36)37-30-21-18-22-31-37/h16-22,25,28-32,34-35,38-39,43H,1,23-24,26-27,33H2,2-15H3/b32-25-/t34-,35+,38+,39-/m0/s1. The van der Waals surface area contributed by atoms with Gasteiger partial charge in [0.05, 0.1) is 12.2 Å². The maximum Gasteiger partial charge on any atom is 0.261 e. The topological polar surface area (TPSA) is 47.9 Å². The van der Waals surface area contributed by atoms with Gasteiger partial charge in [0.2, 0.25) is 0 Å². The first-order valence-electron chi connectivity index (χ1n) is 18.6. The van der Waals surface area contributed by atoms with Crippen molar-refractivity contribution >= 4 is 35.3 Å². The molecule has 0 saturated carbocycles. The van der Waals surface area contributed by atoms with Crippen LogP contribution < -0.4 is 10.4 Å². The molecule has 0 aliphatic rings. The second-order valence-corrected chi connectivity index (χ2v) is 31.9. The maximum absolute atomic E-state index is 11.2. The molecule has 4 atom stereocenters. The first-order valence-corrected chi connectivity index (χ1v) is 26.3. The number of aliphatic hydroxyl groups excluding tert-OH is 1. The molecule has 0 radical (unpaired) electrons. The molecular formula is C42H72O4Si3. The molecule has 0 aliphatic heterocycles. The molecule has 0 saturated heterocycles. The Hall–Kier alpha value is -1.59. The number of benzene rings is 2. The van der Waals surface area contributed by atoms with Crippen LogP contribution >= 0.6 is 0 Å². The van der Waals surface area contributed by atoms with Crippen molar-refractivity contribution in [2.45, 2.75) is 155 Å². The average Bonchev–Trinajstić information content (AvgIpc) is 3.00. The van der Waals surface area contributed by atoms with Crippen LogP contribution in [0.2, 0.25) is 41.3 Å². The van der Waals surface area contributed by atoms with E-state index in [2.05, 4.69) is 169 Å². The molecule has 2 rings (SSSR count). The summed E-state index contributed by atoms with van der Waals surface area (Å²) in [5.74, 6) is -0.0961. The maximum atomic E-state index is 11.2. The van der Waals surface area contributed by atoms with Gasteiger partial charge in [0.25, 0.3) is 8.32 Å². The van der Waals surface area contributed by atoms with Crippen LogP contribution in [0.1, 0.15) is 94.9 Å². The van der Waals surface area contributed by atoms with Gasteiger partial charge in [0.1, 0.15) is 0 Å². The Morgan fingerprint density at radius 1 is 0.714 bits per heavy atom. The predicted molar refractivity (Wildman–Crippen MR) is 221 cm³/mol. The normalized spacial score (nSPS) is 16.4. The molecule has 49 heavy (non-hydrogen) atoms. The first kappa shape index (κ1) is 43.6. The Bertz CT molecular complexity index is 1250. The van der Waals surface area contributed by atoms with Gasteiger partial charge in [0.15, 0.2) is 16.6 Å². The van der Waals surface area contributed by atoms with Crippen LogP contribution in [-0.2, 0) is 13.3 Å². The summed E-state index contributed by atoms with van der Waals surface area (Å²) >= 11 is 0. The lowest BCUT2D eigenvalue weighted by Gasteiger charge is -2.43. The number of unbranched alkanes of at least 4 members (excludes halogenated alkanes) is 1. The Balaban J connectivity index is 2.18. The van der Waals surface area contributed by atoms with Crippen LogP contribution in [0, 0.1) is 5.92 Å². The molecule has 0 aromatic heterocycles. The second kappa shape index (κ2) is 17.8. The van der Waals surface area contributed by atoms with Crippen LogP contribution in [0.4, 0.5) is 0 Å². The third-order valence-corrected chi connectivity index (χ3v) is 25.2. The minimum atomic E-state index is -2.55. The zero-order valence-electron chi connectivity index (χ0n) is 33.7. The second-order valence-electron chi connectivity index (χ2n) is 18.1. The van der Waals surface area contributed by atoms with Crippen molar-refractivity contribution in [3.05, 3.63) is 85.5 Å². The van der Waals surface area contributed by atoms with Gasteiger partial charge in [-0.1, -0.05) is 148 Å². The van der Waals surface area contributed by atoms with E-state index in [4.69, 9.17) is 13.3 Å². The van der Waals surface area contributed by atoms with Crippen molar-refractivity contribution in [3.8, 4) is 0 Å². The Morgan fingerprint density at radius 3 is 1.61 bits per heavy atom. The zero-order chi connectivity index (χ0) is 37.3.